The minimum atomic E-state index is -1.53. The Balaban J connectivity index is 1.77. The Morgan fingerprint density at radius 1 is 1.26 bits per heavy atom. The van der Waals surface area contributed by atoms with Crippen LogP contribution in [0.5, 0.6) is 0 Å². The van der Waals surface area contributed by atoms with Gasteiger partial charge in [-0.05, 0) is 64.4 Å². The van der Waals surface area contributed by atoms with Crippen molar-refractivity contribution in [2.75, 3.05) is 13.1 Å². The van der Waals surface area contributed by atoms with Crippen LogP contribution < -0.4 is 5.73 Å². The predicted molar refractivity (Wildman–Crippen MR) is 132 cm³/mol. The average molecular weight is 485 g/mol. The molecule has 11 heteroatoms. The molecule has 2 saturated heterocycles. The highest BCUT2D eigenvalue weighted by atomic mass is 16.7. The number of carbonyl (C=O) groups excluding carboxylic acids is 2. The van der Waals surface area contributed by atoms with E-state index in [2.05, 4.69) is 10.0 Å². The minimum absolute atomic E-state index is 0.0438. The Kier molecular flexibility index (Phi) is 8.16. The summed E-state index contributed by atoms with van der Waals surface area (Å²) in [6.07, 6.45) is 1.43. The summed E-state index contributed by atoms with van der Waals surface area (Å²) in [6.45, 7) is 9.93. The van der Waals surface area contributed by atoms with Gasteiger partial charge in [-0.2, -0.15) is 0 Å². The van der Waals surface area contributed by atoms with E-state index in [0.29, 0.717) is 19.3 Å². The van der Waals surface area contributed by atoms with Crippen molar-refractivity contribution in [3.63, 3.8) is 0 Å². The lowest BCUT2D eigenvalue weighted by Gasteiger charge is -2.42. The summed E-state index contributed by atoms with van der Waals surface area (Å²) < 4.78 is 17.8. The van der Waals surface area contributed by atoms with E-state index in [4.69, 9.17) is 19.8 Å². The summed E-state index contributed by atoms with van der Waals surface area (Å²) in [7, 11) is -0.404. The molecule has 1 amide bonds. The maximum atomic E-state index is 13.3. The number of nitrogens with two attached hydrogens (primary N) is 1. The molecule has 3 atom stereocenters. The second-order valence-corrected chi connectivity index (χ2v) is 10.6. The van der Waals surface area contributed by atoms with Crippen molar-refractivity contribution < 1.29 is 23.6 Å². The van der Waals surface area contributed by atoms with Crippen molar-refractivity contribution in [2.45, 2.75) is 83.2 Å². The number of hydrogen-bond acceptors (Lipinski definition) is 7. The summed E-state index contributed by atoms with van der Waals surface area (Å²) in [5.74, 6) is -1.10. The van der Waals surface area contributed by atoms with Crippen LogP contribution in [0.3, 0.4) is 0 Å². The molecule has 0 unspecified atom stereocenters. The summed E-state index contributed by atoms with van der Waals surface area (Å²) in [5, 5.41) is 3.90. The number of azide groups is 1. The molecule has 1 aromatic rings. The Labute approximate surface area is 207 Å². The molecule has 0 radical (unpaired) electrons. The SMILES string of the molecule is C[C@H](N)C(=O)N1C[C@H](CCB2OC(C)(C)C(C)(C)O2)C[C@](N=[N+]=[N-])(C(=O)OCc2ccccc2)C1. The molecule has 2 aliphatic rings. The third-order valence-electron chi connectivity index (χ3n) is 7.20. The zero-order valence-electron chi connectivity index (χ0n) is 21.3. The van der Waals surface area contributed by atoms with E-state index in [1.54, 1.807) is 6.92 Å². The van der Waals surface area contributed by atoms with E-state index in [1.807, 2.05) is 58.0 Å². The maximum Gasteiger partial charge on any atom is 0.457 e. The molecule has 2 fully saturated rings. The van der Waals surface area contributed by atoms with E-state index in [-0.39, 0.29) is 31.4 Å². The molecular formula is C24H36BN5O5. The second kappa shape index (κ2) is 10.6. The largest absolute Gasteiger partial charge is 0.460 e. The molecule has 10 nitrogen and oxygen atoms in total. The summed E-state index contributed by atoms with van der Waals surface area (Å²) >= 11 is 0. The highest BCUT2D eigenvalue weighted by Crippen LogP contribution is 2.40. The number of ether oxygens (including phenoxy) is 1. The van der Waals surface area contributed by atoms with Crippen molar-refractivity contribution in [1.82, 2.24) is 4.90 Å². The molecule has 3 rings (SSSR count). The molecule has 35 heavy (non-hydrogen) atoms. The second-order valence-electron chi connectivity index (χ2n) is 10.6. The van der Waals surface area contributed by atoms with Crippen LogP contribution in [0, 0.1) is 5.92 Å². The van der Waals surface area contributed by atoms with E-state index in [0.717, 1.165) is 5.56 Å². The van der Waals surface area contributed by atoms with E-state index in [1.165, 1.54) is 4.90 Å². The lowest BCUT2D eigenvalue weighted by atomic mass is 9.74. The Hall–Kier alpha value is -2.59. The third-order valence-corrected chi connectivity index (χ3v) is 7.20. The predicted octanol–water partition coefficient (Wildman–Crippen LogP) is 3.46. The van der Waals surface area contributed by atoms with E-state index in [9.17, 15) is 15.1 Å². The first-order chi connectivity index (χ1) is 16.4. The van der Waals surface area contributed by atoms with Gasteiger partial charge in [0, 0.05) is 18.0 Å². The summed E-state index contributed by atoms with van der Waals surface area (Å²) in [5.41, 5.74) is 13.6. The average Bonchev–Trinajstić information content (AvgIpc) is 3.02. The summed E-state index contributed by atoms with van der Waals surface area (Å²) in [6, 6.07) is 8.50. The van der Waals surface area contributed by atoms with Crippen LogP contribution in [0.2, 0.25) is 6.32 Å². The van der Waals surface area contributed by atoms with Gasteiger partial charge in [-0.1, -0.05) is 41.9 Å². The highest BCUT2D eigenvalue weighted by Gasteiger charge is 2.52. The van der Waals surface area contributed by atoms with E-state index < -0.39 is 35.9 Å². The van der Waals surface area contributed by atoms with Gasteiger partial charge < -0.3 is 24.7 Å². The van der Waals surface area contributed by atoms with Gasteiger partial charge in [-0.15, -0.1) is 0 Å². The first-order valence-corrected chi connectivity index (χ1v) is 12.1. The number of nitrogens with zero attached hydrogens (tertiary/aromatic N) is 4. The fourth-order valence-corrected chi connectivity index (χ4v) is 4.61. The topological polar surface area (TPSA) is 140 Å². The number of carbonyl (C=O) groups is 2. The Morgan fingerprint density at radius 2 is 1.89 bits per heavy atom. The van der Waals surface area contributed by atoms with Crippen molar-refractivity contribution in [3.8, 4) is 0 Å². The molecule has 0 aliphatic carbocycles. The summed E-state index contributed by atoms with van der Waals surface area (Å²) in [4.78, 5) is 30.6. The molecule has 0 bridgehead atoms. The molecule has 190 valence electrons. The van der Waals surface area contributed by atoms with Crippen molar-refractivity contribution >= 4 is 19.0 Å². The molecule has 0 spiro atoms. The molecule has 2 N–H and O–H groups in total. The van der Waals surface area contributed by atoms with Crippen molar-refractivity contribution in [3.05, 3.63) is 46.3 Å². The number of likely N-dealkylation sites (tertiary alicyclic amines) is 1. The van der Waals surface area contributed by atoms with Crippen LogP contribution in [-0.4, -0.2) is 59.8 Å². The minimum Gasteiger partial charge on any atom is -0.460 e. The van der Waals surface area contributed by atoms with Gasteiger partial charge in [0.15, 0.2) is 5.54 Å². The number of benzene rings is 1. The van der Waals surface area contributed by atoms with Gasteiger partial charge in [0.25, 0.3) is 0 Å². The molecule has 2 heterocycles. The first-order valence-electron chi connectivity index (χ1n) is 12.1. The standard InChI is InChI=1S/C24H36BN5O5/c1-17(26)20(31)30-14-19(11-12-25-34-22(2,3)23(4,5)35-25)13-24(16-30,28-29-27)21(32)33-15-18-9-7-6-8-10-18/h6-10,17,19H,11-16,26H2,1-5H3/t17-,19+,24+/m0/s1. The Bertz CT molecular complexity index is 950. The lowest BCUT2D eigenvalue weighted by molar-refractivity contribution is -0.156. The smallest absolute Gasteiger partial charge is 0.457 e. The maximum absolute atomic E-state index is 13.3. The van der Waals surface area contributed by atoms with Gasteiger partial charge in [0.1, 0.15) is 6.61 Å². The monoisotopic (exact) mass is 485 g/mol. The highest BCUT2D eigenvalue weighted by molar-refractivity contribution is 6.45. The van der Waals surface area contributed by atoms with Crippen LogP contribution in [0.25, 0.3) is 10.4 Å². The molecular weight excluding hydrogens is 449 g/mol. The fourth-order valence-electron chi connectivity index (χ4n) is 4.61. The van der Waals surface area contributed by atoms with Crippen LogP contribution in [0.15, 0.2) is 35.4 Å². The van der Waals surface area contributed by atoms with Crippen LogP contribution in [-0.2, 0) is 30.2 Å². The fraction of sp³-hybridized carbons (Fsp3) is 0.667. The van der Waals surface area contributed by atoms with Gasteiger partial charge in [0.05, 0.1) is 17.2 Å². The quantitative estimate of drug-likeness (QED) is 0.197. The van der Waals surface area contributed by atoms with Crippen LogP contribution >= 0.6 is 0 Å². The molecule has 2 aliphatic heterocycles. The number of piperidine rings is 1. The number of amides is 1. The van der Waals surface area contributed by atoms with Crippen LogP contribution in [0.1, 0.15) is 53.0 Å². The van der Waals surface area contributed by atoms with Crippen LogP contribution in [0.4, 0.5) is 0 Å². The Morgan fingerprint density at radius 3 is 2.46 bits per heavy atom. The zero-order chi connectivity index (χ0) is 25.9. The van der Waals surface area contributed by atoms with Gasteiger partial charge in [0.2, 0.25) is 5.91 Å². The van der Waals surface area contributed by atoms with E-state index >= 15 is 0 Å². The lowest BCUT2D eigenvalue weighted by Crippen LogP contribution is -2.59. The van der Waals surface area contributed by atoms with Gasteiger partial charge in [-0.25, -0.2) is 0 Å². The molecule has 0 saturated carbocycles. The third kappa shape index (κ3) is 6.16. The molecule has 0 aromatic heterocycles. The first kappa shape index (κ1) is 27.0. The normalized spacial score (nSPS) is 26.1. The zero-order valence-corrected chi connectivity index (χ0v) is 21.3. The van der Waals surface area contributed by atoms with Gasteiger partial charge in [-0.3, -0.25) is 9.59 Å². The number of rotatable bonds is 8. The van der Waals surface area contributed by atoms with Crippen molar-refractivity contribution in [2.24, 2.45) is 16.8 Å². The van der Waals surface area contributed by atoms with Crippen molar-refractivity contribution in [1.29, 1.82) is 0 Å². The van der Waals surface area contributed by atoms with Gasteiger partial charge >= 0.3 is 13.1 Å². The number of hydrogen-bond donors (Lipinski definition) is 1. The molecule has 1 aromatic carbocycles. The number of esters is 1.